The zero-order valence-corrected chi connectivity index (χ0v) is 10.3. The summed E-state index contributed by atoms with van der Waals surface area (Å²) in [6, 6.07) is 2.35. The number of alkyl halides is 3. The van der Waals surface area contributed by atoms with Crippen molar-refractivity contribution < 1.29 is 22.4 Å². The molecule has 0 fully saturated rings. The van der Waals surface area contributed by atoms with E-state index >= 15 is 0 Å². The molecule has 0 amide bonds. The molecule has 1 aromatic rings. The summed E-state index contributed by atoms with van der Waals surface area (Å²) in [6.45, 7) is 5.25. The van der Waals surface area contributed by atoms with E-state index in [4.69, 9.17) is 0 Å². The van der Waals surface area contributed by atoms with Crippen molar-refractivity contribution >= 4 is 5.78 Å². The first-order valence-corrected chi connectivity index (χ1v) is 5.55. The van der Waals surface area contributed by atoms with Crippen LogP contribution in [-0.4, -0.2) is 5.78 Å². The largest absolute Gasteiger partial charge is 0.419 e. The van der Waals surface area contributed by atoms with E-state index in [0.29, 0.717) is 12.1 Å². The quantitative estimate of drug-likeness (QED) is 0.585. The molecular weight excluding hydrogens is 248 g/mol. The molecule has 1 aromatic carbocycles. The van der Waals surface area contributed by atoms with Gasteiger partial charge in [0.25, 0.3) is 0 Å². The van der Waals surface area contributed by atoms with Gasteiger partial charge in [0.05, 0.1) is 5.56 Å². The van der Waals surface area contributed by atoms with Crippen LogP contribution >= 0.6 is 0 Å². The Morgan fingerprint density at radius 3 is 2.17 bits per heavy atom. The van der Waals surface area contributed by atoms with Crippen LogP contribution in [-0.2, 0) is 6.18 Å². The molecule has 0 radical (unpaired) electrons. The Morgan fingerprint density at radius 1 is 1.17 bits per heavy atom. The van der Waals surface area contributed by atoms with Crippen LogP contribution in [0.4, 0.5) is 17.6 Å². The highest BCUT2D eigenvalue weighted by Gasteiger charge is 2.35. The number of carbonyl (C=O) groups excluding carboxylic acids is 1. The Morgan fingerprint density at radius 2 is 1.72 bits per heavy atom. The molecule has 18 heavy (non-hydrogen) atoms. The summed E-state index contributed by atoms with van der Waals surface area (Å²) >= 11 is 0. The third-order valence-corrected chi connectivity index (χ3v) is 2.97. The standard InChI is InChI=1S/C13H14F4O/c1-7(2)8(3)12(18)9-4-5-11(14)10(6-9)13(15,16)17/h4-8H,1-3H3. The van der Waals surface area contributed by atoms with Crippen LogP contribution in [0.15, 0.2) is 18.2 Å². The monoisotopic (exact) mass is 262 g/mol. The summed E-state index contributed by atoms with van der Waals surface area (Å²) < 4.78 is 50.6. The van der Waals surface area contributed by atoms with Gasteiger partial charge in [0, 0.05) is 11.5 Å². The van der Waals surface area contributed by atoms with Crippen LogP contribution in [0.2, 0.25) is 0 Å². The number of Topliss-reactive ketones (excluding diaryl/α,β-unsaturated/α-hetero) is 1. The number of hydrogen-bond donors (Lipinski definition) is 0. The van der Waals surface area contributed by atoms with Crippen molar-refractivity contribution in [3.05, 3.63) is 35.1 Å². The van der Waals surface area contributed by atoms with Gasteiger partial charge in [-0.25, -0.2) is 4.39 Å². The fourth-order valence-corrected chi connectivity index (χ4v) is 1.46. The molecule has 1 rings (SSSR count). The SMILES string of the molecule is CC(C)C(C)C(=O)c1ccc(F)c(C(F)(F)F)c1. The average molecular weight is 262 g/mol. The lowest BCUT2D eigenvalue weighted by Gasteiger charge is -2.15. The number of halogens is 4. The molecule has 0 heterocycles. The molecule has 0 saturated carbocycles. The van der Waals surface area contributed by atoms with Gasteiger partial charge in [-0.15, -0.1) is 0 Å². The van der Waals surface area contributed by atoms with Crippen molar-refractivity contribution in [2.45, 2.75) is 26.9 Å². The van der Waals surface area contributed by atoms with E-state index in [-0.39, 0.29) is 11.5 Å². The molecule has 0 aliphatic heterocycles. The van der Waals surface area contributed by atoms with Gasteiger partial charge in [-0.05, 0) is 24.1 Å². The average Bonchev–Trinajstić information content (AvgIpc) is 2.26. The predicted octanol–water partition coefficient (Wildman–Crippen LogP) is 4.32. The zero-order valence-electron chi connectivity index (χ0n) is 10.3. The summed E-state index contributed by atoms with van der Waals surface area (Å²) in [5.74, 6) is -2.17. The smallest absolute Gasteiger partial charge is 0.294 e. The highest BCUT2D eigenvalue weighted by molar-refractivity contribution is 5.97. The molecule has 0 N–H and O–H groups in total. The van der Waals surface area contributed by atoms with Crippen LogP contribution in [0.1, 0.15) is 36.7 Å². The summed E-state index contributed by atoms with van der Waals surface area (Å²) in [5, 5.41) is 0. The zero-order chi connectivity index (χ0) is 14.1. The minimum Gasteiger partial charge on any atom is -0.294 e. The van der Waals surface area contributed by atoms with Crippen LogP contribution in [0.3, 0.4) is 0 Å². The molecule has 0 bridgehead atoms. The lowest BCUT2D eigenvalue weighted by molar-refractivity contribution is -0.140. The molecule has 100 valence electrons. The molecule has 1 nitrogen and oxygen atoms in total. The van der Waals surface area contributed by atoms with E-state index in [9.17, 15) is 22.4 Å². The minimum absolute atomic E-state index is 0.0110. The lowest BCUT2D eigenvalue weighted by Crippen LogP contribution is -2.18. The first kappa shape index (κ1) is 14.7. The van der Waals surface area contributed by atoms with E-state index in [2.05, 4.69) is 0 Å². The molecule has 1 atom stereocenters. The van der Waals surface area contributed by atoms with Gasteiger partial charge in [0.1, 0.15) is 5.82 Å². The van der Waals surface area contributed by atoms with Gasteiger partial charge in [-0.3, -0.25) is 4.79 Å². The minimum atomic E-state index is -4.79. The molecule has 0 aliphatic rings. The molecule has 0 aromatic heterocycles. The number of benzene rings is 1. The lowest BCUT2D eigenvalue weighted by atomic mass is 9.89. The Balaban J connectivity index is 3.17. The topological polar surface area (TPSA) is 17.1 Å². The van der Waals surface area contributed by atoms with Crippen molar-refractivity contribution in [3.8, 4) is 0 Å². The van der Waals surface area contributed by atoms with Crippen LogP contribution < -0.4 is 0 Å². The first-order chi connectivity index (χ1) is 8.14. The number of carbonyl (C=O) groups is 1. The number of rotatable bonds is 3. The maximum absolute atomic E-state index is 13.1. The van der Waals surface area contributed by atoms with Crippen LogP contribution in [0.25, 0.3) is 0 Å². The second-order valence-electron chi connectivity index (χ2n) is 4.59. The Labute approximate surface area is 103 Å². The van der Waals surface area contributed by atoms with E-state index in [0.717, 1.165) is 6.07 Å². The predicted molar refractivity (Wildman–Crippen MR) is 59.7 cm³/mol. The number of hydrogen-bond acceptors (Lipinski definition) is 1. The Hall–Kier alpha value is -1.39. The van der Waals surface area contributed by atoms with E-state index in [1.165, 1.54) is 0 Å². The summed E-state index contributed by atoms with van der Waals surface area (Å²) in [4.78, 5) is 11.9. The Kier molecular flexibility index (Phi) is 4.14. The summed E-state index contributed by atoms with van der Waals surface area (Å²) in [7, 11) is 0. The second-order valence-corrected chi connectivity index (χ2v) is 4.59. The molecule has 0 spiro atoms. The molecule has 1 unspecified atom stereocenters. The van der Waals surface area contributed by atoms with Gasteiger partial charge in [0.2, 0.25) is 0 Å². The van der Waals surface area contributed by atoms with Crippen molar-refractivity contribution in [1.82, 2.24) is 0 Å². The highest BCUT2D eigenvalue weighted by Crippen LogP contribution is 2.32. The van der Waals surface area contributed by atoms with Gasteiger partial charge in [-0.2, -0.15) is 13.2 Å². The van der Waals surface area contributed by atoms with Gasteiger partial charge in [0.15, 0.2) is 5.78 Å². The van der Waals surface area contributed by atoms with Crippen molar-refractivity contribution in [2.75, 3.05) is 0 Å². The molecular formula is C13H14F4O. The van der Waals surface area contributed by atoms with Crippen LogP contribution in [0.5, 0.6) is 0 Å². The fraction of sp³-hybridized carbons (Fsp3) is 0.462. The van der Waals surface area contributed by atoms with Crippen molar-refractivity contribution in [1.29, 1.82) is 0 Å². The van der Waals surface area contributed by atoms with E-state index in [1.807, 2.05) is 0 Å². The first-order valence-electron chi connectivity index (χ1n) is 5.55. The summed E-state index contributed by atoms with van der Waals surface area (Å²) in [6.07, 6.45) is -4.79. The van der Waals surface area contributed by atoms with Gasteiger partial charge in [-0.1, -0.05) is 20.8 Å². The maximum Gasteiger partial charge on any atom is 0.419 e. The van der Waals surface area contributed by atoms with Gasteiger partial charge < -0.3 is 0 Å². The fourth-order valence-electron chi connectivity index (χ4n) is 1.46. The maximum atomic E-state index is 13.1. The van der Waals surface area contributed by atoms with Crippen molar-refractivity contribution in [3.63, 3.8) is 0 Å². The third-order valence-electron chi connectivity index (χ3n) is 2.97. The number of ketones is 1. The van der Waals surface area contributed by atoms with Crippen LogP contribution in [0, 0.1) is 17.7 Å². The highest BCUT2D eigenvalue weighted by atomic mass is 19.4. The van der Waals surface area contributed by atoms with E-state index in [1.54, 1.807) is 20.8 Å². The van der Waals surface area contributed by atoms with E-state index < -0.39 is 29.3 Å². The van der Waals surface area contributed by atoms with Crippen molar-refractivity contribution in [2.24, 2.45) is 11.8 Å². The Bertz CT molecular complexity index is 449. The second kappa shape index (κ2) is 5.08. The normalized spacial score (nSPS) is 13.8. The van der Waals surface area contributed by atoms with Gasteiger partial charge >= 0.3 is 6.18 Å². The molecule has 5 heteroatoms. The summed E-state index contributed by atoms with van der Waals surface area (Å²) in [5.41, 5.74) is -1.51. The molecule has 0 saturated heterocycles. The molecule has 0 aliphatic carbocycles. The third kappa shape index (κ3) is 3.09.